The number of aliphatic hydroxyl groups is 1. The van der Waals surface area contributed by atoms with Crippen LogP contribution in [0.2, 0.25) is 0 Å². The summed E-state index contributed by atoms with van der Waals surface area (Å²) in [6.07, 6.45) is 5.40. The number of nitrogens with zero attached hydrogens (tertiary/aromatic N) is 3. The fourth-order valence-corrected chi connectivity index (χ4v) is 5.20. The number of aryl methyl sites for hydroxylation is 3. The van der Waals surface area contributed by atoms with Crippen molar-refractivity contribution in [3.8, 4) is 0 Å². The Labute approximate surface area is 162 Å². The van der Waals surface area contributed by atoms with Crippen molar-refractivity contribution < 1.29 is 5.11 Å². The van der Waals surface area contributed by atoms with Crippen LogP contribution < -0.4 is 5.56 Å². The van der Waals surface area contributed by atoms with E-state index >= 15 is 0 Å². The number of aromatic nitrogens is 2. The Bertz CT molecular complexity index is 980. The van der Waals surface area contributed by atoms with Crippen molar-refractivity contribution in [2.24, 2.45) is 0 Å². The number of aliphatic hydroxyl groups excluding tert-OH is 1. The normalized spacial score (nSPS) is 16.8. The average Bonchev–Trinajstić information content (AvgIpc) is 3.07. The van der Waals surface area contributed by atoms with Gasteiger partial charge in [-0.2, -0.15) is 0 Å². The van der Waals surface area contributed by atoms with Crippen LogP contribution in [-0.2, 0) is 25.8 Å². The summed E-state index contributed by atoms with van der Waals surface area (Å²) in [6, 6.07) is 10.7. The zero-order valence-electron chi connectivity index (χ0n) is 15.6. The number of hydrogen-bond donors (Lipinski definition) is 1. The molecule has 5 nitrogen and oxygen atoms in total. The van der Waals surface area contributed by atoms with Gasteiger partial charge in [-0.1, -0.05) is 30.3 Å². The Balaban J connectivity index is 1.60. The highest BCUT2D eigenvalue weighted by atomic mass is 32.1. The first-order valence-corrected chi connectivity index (χ1v) is 10.3. The topological polar surface area (TPSA) is 58.4 Å². The van der Waals surface area contributed by atoms with Crippen LogP contribution in [0.4, 0.5) is 0 Å². The molecule has 0 fully saturated rings. The van der Waals surface area contributed by atoms with Gasteiger partial charge in [-0.05, 0) is 43.9 Å². The van der Waals surface area contributed by atoms with Gasteiger partial charge in [-0.15, -0.1) is 11.3 Å². The lowest BCUT2D eigenvalue weighted by molar-refractivity contribution is 0.170. The van der Waals surface area contributed by atoms with Gasteiger partial charge in [0, 0.05) is 24.0 Å². The summed E-state index contributed by atoms with van der Waals surface area (Å²) in [7, 11) is 2.06. The Kier molecular flexibility index (Phi) is 5.38. The molecule has 0 saturated carbocycles. The number of rotatable bonds is 6. The first kappa shape index (κ1) is 18.3. The molecule has 1 N–H and O–H groups in total. The molecule has 2 aromatic heterocycles. The van der Waals surface area contributed by atoms with Crippen molar-refractivity contribution in [1.29, 1.82) is 0 Å². The molecule has 1 aliphatic carbocycles. The lowest BCUT2D eigenvalue weighted by Crippen LogP contribution is -2.37. The Hall–Kier alpha value is -2.02. The van der Waals surface area contributed by atoms with E-state index < -0.39 is 0 Å². The van der Waals surface area contributed by atoms with Gasteiger partial charge in [0.05, 0.1) is 18.3 Å². The molecule has 3 aromatic rings. The van der Waals surface area contributed by atoms with Crippen LogP contribution in [0, 0.1) is 0 Å². The van der Waals surface area contributed by atoms with Crippen LogP contribution in [-0.4, -0.2) is 45.8 Å². The fourth-order valence-electron chi connectivity index (χ4n) is 3.95. The van der Waals surface area contributed by atoms with Gasteiger partial charge < -0.3 is 10.0 Å². The highest BCUT2D eigenvalue weighted by Gasteiger charge is 2.27. The average molecular weight is 384 g/mol. The SMILES string of the molecule is CN(CCO)C1CCc2c(sc3ncn(CCc4ccccc4)c(=O)c23)C1. The number of likely N-dealkylation sites (N-methyl/N-ethyl adjacent to an activating group) is 1. The molecular formula is C21H25N3O2S. The monoisotopic (exact) mass is 383 g/mol. The molecule has 27 heavy (non-hydrogen) atoms. The molecule has 1 unspecified atom stereocenters. The Morgan fingerprint density at radius 2 is 2.15 bits per heavy atom. The molecule has 1 atom stereocenters. The molecule has 0 spiro atoms. The van der Waals surface area contributed by atoms with Gasteiger partial charge in [0.2, 0.25) is 0 Å². The van der Waals surface area contributed by atoms with Crippen LogP contribution in [0.5, 0.6) is 0 Å². The van der Waals surface area contributed by atoms with Crippen LogP contribution in [0.1, 0.15) is 22.4 Å². The van der Waals surface area contributed by atoms with E-state index in [1.165, 1.54) is 16.0 Å². The molecule has 4 rings (SSSR count). The molecule has 0 radical (unpaired) electrons. The van der Waals surface area contributed by atoms with Crippen LogP contribution >= 0.6 is 11.3 Å². The number of thiophene rings is 1. The summed E-state index contributed by atoms with van der Waals surface area (Å²) in [5.74, 6) is 0. The van der Waals surface area contributed by atoms with Gasteiger partial charge in [0.25, 0.3) is 5.56 Å². The fraction of sp³-hybridized carbons (Fsp3) is 0.429. The van der Waals surface area contributed by atoms with Crippen LogP contribution in [0.25, 0.3) is 10.2 Å². The highest BCUT2D eigenvalue weighted by Crippen LogP contribution is 2.34. The minimum absolute atomic E-state index is 0.0931. The summed E-state index contributed by atoms with van der Waals surface area (Å²) in [5.41, 5.74) is 2.53. The van der Waals surface area contributed by atoms with Crippen molar-refractivity contribution >= 4 is 21.6 Å². The molecule has 2 heterocycles. The van der Waals surface area contributed by atoms with Crippen molar-refractivity contribution in [1.82, 2.24) is 14.5 Å². The molecular weight excluding hydrogens is 358 g/mol. The molecule has 0 bridgehead atoms. The second-order valence-electron chi connectivity index (χ2n) is 7.26. The lowest BCUT2D eigenvalue weighted by atomic mass is 9.92. The maximum Gasteiger partial charge on any atom is 0.262 e. The van der Waals surface area contributed by atoms with Crippen molar-refractivity contribution in [2.45, 2.75) is 38.3 Å². The van der Waals surface area contributed by atoms with Gasteiger partial charge in [0.1, 0.15) is 4.83 Å². The smallest absolute Gasteiger partial charge is 0.262 e. The third kappa shape index (κ3) is 3.70. The third-order valence-electron chi connectivity index (χ3n) is 5.57. The largest absolute Gasteiger partial charge is 0.395 e. The number of fused-ring (bicyclic) bond motifs is 3. The number of hydrogen-bond acceptors (Lipinski definition) is 5. The van der Waals surface area contributed by atoms with E-state index in [0.29, 0.717) is 19.1 Å². The van der Waals surface area contributed by atoms with Gasteiger partial charge in [-0.3, -0.25) is 9.36 Å². The van der Waals surface area contributed by atoms with E-state index in [-0.39, 0.29) is 12.2 Å². The third-order valence-corrected chi connectivity index (χ3v) is 6.73. The molecule has 6 heteroatoms. The highest BCUT2D eigenvalue weighted by molar-refractivity contribution is 7.18. The van der Waals surface area contributed by atoms with Crippen LogP contribution in [0.3, 0.4) is 0 Å². The maximum atomic E-state index is 13.1. The molecule has 0 aliphatic heterocycles. The van der Waals surface area contributed by atoms with Crippen molar-refractivity contribution in [3.05, 3.63) is 63.0 Å². The van der Waals surface area contributed by atoms with E-state index in [0.717, 1.165) is 35.9 Å². The molecule has 0 saturated heterocycles. The minimum Gasteiger partial charge on any atom is -0.395 e. The predicted octanol–water partition coefficient (Wildman–Crippen LogP) is 2.48. The first-order valence-electron chi connectivity index (χ1n) is 9.52. The van der Waals surface area contributed by atoms with Gasteiger partial charge in [-0.25, -0.2) is 4.98 Å². The van der Waals surface area contributed by atoms with E-state index in [1.54, 1.807) is 22.2 Å². The van der Waals surface area contributed by atoms with Crippen molar-refractivity contribution in [2.75, 3.05) is 20.2 Å². The zero-order chi connectivity index (χ0) is 18.8. The van der Waals surface area contributed by atoms with Gasteiger partial charge >= 0.3 is 0 Å². The predicted molar refractivity (Wildman–Crippen MR) is 110 cm³/mol. The number of benzene rings is 1. The van der Waals surface area contributed by atoms with E-state index in [2.05, 4.69) is 29.1 Å². The zero-order valence-corrected chi connectivity index (χ0v) is 16.4. The lowest BCUT2D eigenvalue weighted by Gasteiger charge is -2.30. The maximum absolute atomic E-state index is 13.1. The summed E-state index contributed by atoms with van der Waals surface area (Å²) in [5, 5.41) is 10.0. The first-order chi connectivity index (χ1) is 13.2. The molecule has 1 aliphatic rings. The van der Waals surface area contributed by atoms with Gasteiger partial charge in [0.15, 0.2) is 0 Å². The molecule has 0 amide bonds. The van der Waals surface area contributed by atoms with E-state index in [9.17, 15) is 9.90 Å². The van der Waals surface area contributed by atoms with Crippen molar-refractivity contribution in [3.63, 3.8) is 0 Å². The standard InChI is InChI=1S/C21H25N3O2S/c1-23(11-12-25)16-7-8-17-18(13-16)27-20-19(17)21(26)24(14-22-20)10-9-15-5-3-2-4-6-15/h2-6,14,16,25H,7-13H2,1H3. The summed E-state index contributed by atoms with van der Waals surface area (Å²) < 4.78 is 1.76. The van der Waals surface area contributed by atoms with Crippen LogP contribution in [0.15, 0.2) is 41.5 Å². The summed E-state index contributed by atoms with van der Waals surface area (Å²) >= 11 is 1.66. The summed E-state index contributed by atoms with van der Waals surface area (Å²) in [6.45, 7) is 1.52. The summed E-state index contributed by atoms with van der Waals surface area (Å²) in [4.78, 5) is 22.1. The molecule has 142 valence electrons. The quantitative estimate of drug-likeness (QED) is 0.711. The molecule has 1 aromatic carbocycles. The Morgan fingerprint density at radius 1 is 1.33 bits per heavy atom. The van der Waals surface area contributed by atoms with E-state index in [4.69, 9.17) is 0 Å². The minimum atomic E-state index is 0.0931. The second-order valence-corrected chi connectivity index (χ2v) is 8.35. The second kappa shape index (κ2) is 7.92. The Morgan fingerprint density at radius 3 is 2.93 bits per heavy atom. The van der Waals surface area contributed by atoms with E-state index in [1.807, 2.05) is 18.2 Å².